The molecule has 3 rings (SSSR count). The number of benzene rings is 2. The molecule has 0 atom stereocenters. The lowest BCUT2D eigenvalue weighted by Gasteiger charge is -2.09. The van der Waals surface area contributed by atoms with E-state index in [9.17, 15) is 4.79 Å². The number of carbonyl (C=O) groups excluding carboxylic acids is 1. The maximum atomic E-state index is 12.4. The van der Waals surface area contributed by atoms with E-state index in [4.69, 9.17) is 0 Å². The quantitative estimate of drug-likeness (QED) is 0.801. The summed E-state index contributed by atoms with van der Waals surface area (Å²) in [7, 11) is 0. The molecule has 21 heavy (non-hydrogen) atoms. The van der Waals surface area contributed by atoms with Crippen LogP contribution in [0.4, 0.5) is 0 Å². The van der Waals surface area contributed by atoms with Crippen molar-refractivity contribution in [2.45, 2.75) is 13.5 Å². The Balaban J connectivity index is 1.83. The van der Waals surface area contributed by atoms with Crippen molar-refractivity contribution in [3.63, 3.8) is 0 Å². The first kappa shape index (κ1) is 13.2. The summed E-state index contributed by atoms with van der Waals surface area (Å²) in [6.45, 7) is 2.53. The molecule has 1 heterocycles. The summed E-state index contributed by atoms with van der Waals surface area (Å²) in [5, 5.41) is 2.94. The van der Waals surface area contributed by atoms with E-state index in [-0.39, 0.29) is 5.91 Å². The van der Waals surface area contributed by atoms with E-state index >= 15 is 0 Å². The third kappa shape index (κ3) is 2.74. The molecule has 0 aliphatic heterocycles. The van der Waals surface area contributed by atoms with Gasteiger partial charge in [0.25, 0.3) is 5.91 Å². The summed E-state index contributed by atoms with van der Waals surface area (Å²) < 4.78 is 0. The molecule has 2 aromatic carbocycles. The number of aryl methyl sites for hydroxylation is 1. The minimum absolute atomic E-state index is 0.135. The molecule has 1 amide bonds. The molecule has 0 fully saturated rings. The molecule has 0 bridgehead atoms. The van der Waals surface area contributed by atoms with Crippen molar-refractivity contribution in [1.82, 2.24) is 15.3 Å². The molecular weight excluding hydrogens is 262 g/mol. The maximum Gasteiger partial charge on any atom is 0.253 e. The van der Waals surface area contributed by atoms with Crippen LogP contribution in [0.15, 0.2) is 54.9 Å². The average Bonchev–Trinajstić information content (AvgIpc) is 2.53. The first-order valence-electron chi connectivity index (χ1n) is 6.78. The minimum Gasteiger partial charge on any atom is -0.348 e. The predicted octanol–water partition coefficient (Wildman–Crippen LogP) is 2.87. The molecule has 0 spiro atoms. The number of carbonyl (C=O) groups is 1. The van der Waals surface area contributed by atoms with Crippen LogP contribution in [0.3, 0.4) is 0 Å². The van der Waals surface area contributed by atoms with Crippen LogP contribution in [0.2, 0.25) is 0 Å². The van der Waals surface area contributed by atoms with Crippen LogP contribution in [0.5, 0.6) is 0 Å². The van der Waals surface area contributed by atoms with Gasteiger partial charge in [-0.2, -0.15) is 0 Å². The summed E-state index contributed by atoms with van der Waals surface area (Å²) in [5.74, 6) is -0.135. The van der Waals surface area contributed by atoms with Gasteiger partial charge < -0.3 is 5.32 Å². The second-order valence-corrected chi connectivity index (χ2v) is 4.84. The lowest BCUT2D eigenvalue weighted by molar-refractivity contribution is 0.0952. The topological polar surface area (TPSA) is 54.9 Å². The van der Waals surface area contributed by atoms with Crippen molar-refractivity contribution in [2.75, 3.05) is 0 Å². The Labute approximate surface area is 122 Å². The van der Waals surface area contributed by atoms with Crippen LogP contribution >= 0.6 is 0 Å². The molecule has 4 nitrogen and oxygen atoms in total. The third-order valence-corrected chi connectivity index (χ3v) is 3.44. The zero-order chi connectivity index (χ0) is 14.7. The van der Waals surface area contributed by atoms with Gasteiger partial charge >= 0.3 is 0 Å². The van der Waals surface area contributed by atoms with Gasteiger partial charge in [0.15, 0.2) is 0 Å². The van der Waals surface area contributed by atoms with Gasteiger partial charge in [-0.05, 0) is 30.2 Å². The Bertz CT molecular complexity index is 793. The molecule has 0 aliphatic carbocycles. The summed E-state index contributed by atoms with van der Waals surface area (Å²) in [6.07, 6.45) is 3.22. The fourth-order valence-corrected chi connectivity index (χ4v) is 2.26. The molecule has 104 valence electrons. The van der Waals surface area contributed by atoms with Crippen molar-refractivity contribution >= 4 is 16.9 Å². The Morgan fingerprint density at radius 3 is 2.71 bits per heavy atom. The second-order valence-electron chi connectivity index (χ2n) is 4.84. The van der Waals surface area contributed by atoms with E-state index in [0.717, 1.165) is 16.6 Å². The zero-order valence-electron chi connectivity index (χ0n) is 11.7. The summed E-state index contributed by atoms with van der Waals surface area (Å²) in [4.78, 5) is 20.8. The molecule has 0 saturated heterocycles. The largest absolute Gasteiger partial charge is 0.348 e. The fourth-order valence-electron chi connectivity index (χ4n) is 2.26. The van der Waals surface area contributed by atoms with Gasteiger partial charge in [-0.25, -0.2) is 0 Å². The van der Waals surface area contributed by atoms with Gasteiger partial charge in [0, 0.05) is 18.9 Å². The van der Waals surface area contributed by atoms with Crippen LogP contribution < -0.4 is 5.32 Å². The summed E-state index contributed by atoms with van der Waals surface area (Å²) in [5.41, 5.74) is 4.17. The van der Waals surface area contributed by atoms with Gasteiger partial charge in [0.05, 0.1) is 11.1 Å². The number of aromatic nitrogens is 2. The first-order chi connectivity index (χ1) is 10.3. The number of amides is 1. The van der Waals surface area contributed by atoms with Crippen LogP contribution in [-0.2, 0) is 6.54 Å². The van der Waals surface area contributed by atoms with Crippen LogP contribution in [0.1, 0.15) is 21.5 Å². The van der Waals surface area contributed by atoms with Crippen LogP contribution in [-0.4, -0.2) is 15.9 Å². The van der Waals surface area contributed by atoms with E-state index in [1.807, 2.05) is 43.3 Å². The van der Waals surface area contributed by atoms with E-state index in [0.29, 0.717) is 17.6 Å². The molecule has 0 unspecified atom stereocenters. The maximum absolute atomic E-state index is 12.4. The Morgan fingerprint density at radius 1 is 1.05 bits per heavy atom. The molecule has 0 saturated carbocycles. The molecular formula is C17H15N3O. The summed E-state index contributed by atoms with van der Waals surface area (Å²) >= 11 is 0. The molecule has 1 aromatic heterocycles. The van der Waals surface area contributed by atoms with Gasteiger partial charge in [0.2, 0.25) is 0 Å². The number of para-hydroxylation sites is 1. The smallest absolute Gasteiger partial charge is 0.253 e. The fraction of sp³-hybridized carbons (Fsp3) is 0.118. The monoisotopic (exact) mass is 277 g/mol. The Morgan fingerprint density at radius 2 is 1.86 bits per heavy atom. The highest BCUT2D eigenvalue weighted by atomic mass is 16.1. The zero-order valence-corrected chi connectivity index (χ0v) is 11.7. The number of nitrogens with one attached hydrogen (secondary N) is 1. The molecule has 1 N–H and O–H groups in total. The van der Waals surface area contributed by atoms with Crippen molar-refractivity contribution in [1.29, 1.82) is 0 Å². The molecule has 4 heteroatoms. The van der Waals surface area contributed by atoms with Crippen molar-refractivity contribution < 1.29 is 4.79 Å². The lowest BCUT2D eigenvalue weighted by atomic mass is 10.1. The van der Waals surface area contributed by atoms with E-state index in [1.165, 1.54) is 0 Å². The highest BCUT2D eigenvalue weighted by Crippen LogP contribution is 2.14. The van der Waals surface area contributed by atoms with E-state index < -0.39 is 0 Å². The van der Waals surface area contributed by atoms with Crippen LogP contribution in [0, 0.1) is 6.92 Å². The lowest BCUT2D eigenvalue weighted by Crippen LogP contribution is -2.23. The predicted molar refractivity (Wildman–Crippen MR) is 81.9 cm³/mol. The molecule has 0 radical (unpaired) electrons. The number of fused-ring (bicyclic) bond motifs is 1. The number of rotatable bonds is 3. The second kappa shape index (κ2) is 5.71. The molecule has 3 aromatic rings. The number of nitrogens with zero attached hydrogens (tertiary/aromatic N) is 2. The van der Waals surface area contributed by atoms with Gasteiger partial charge in [-0.15, -0.1) is 0 Å². The highest BCUT2D eigenvalue weighted by molar-refractivity contribution is 6.04. The summed E-state index contributed by atoms with van der Waals surface area (Å²) in [6, 6.07) is 13.4. The van der Waals surface area contributed by atoms with Gasteiger partial charge in [0.1, 0.15) is 5.52 Å². The van der Waals surface area contributed by atoms with E-state index in [1.54, 1.807) is 18.5 Å². The number of hydrogen-bond donors (Lipinski definition) is 1. The standard InChI is InChI=1S/C17H15N3O/c1-12-5-2-3-6-13(12)11-20-17(21)14-7-4-8-15-16(14)19-10-9-18-15/h2-10H,11H2,1H3,(H,20,21). The third-order valence-electron chi connectivity index (χ3n) is 3.44. The molecule has 0 aliphatic rings. The normalized spacial score (nSPS) is 10.5. The van der Waals surface area contributed by atoms with Gasteiger partial charge in [-0.3, -0.25) is 14.8 Å². The van der Waals surface area contributed by atoms with Gasteiger partial charge in [-0.1, -0.05) is 30.3 Å². The highest BCUT2D eigenvalue weighted by Gasteiger charge is 2.11. The van der Waals surface area contributed by atoms with Crippen molar-refractivity contribution in [3.8, 4) is 0 Å². The van der Waals surface area contributed by atoms with E-state index in [2.05, 4.69) is 15.3 Å². The number of hydrogen-bond acceptors (Lipinski definition) is 3. The Kier molecular flexibility index (Phi) is 3.60. The first-order valence-corrected chi connectivity index (χ1v) is 6.78. The SMILES string of the molecule is Cc1ccccc1CNC(=O)c1cccc2nccnc12. The van der Waals surface area contributed by atoms with Crippen molar-refractivity contribution in [2.24, 2.45) is 0 Å². The van der Waals surface area contributed by atoms with Crippen molar-refractivity contribution in [3.05, 3.63) is 71.5 Å². The average molecular weight is 277 g/mol. The minimum atomic E-state index is -0.135. The Hall–Kier alpha value is -2.75. The van der Waals surface area contributed by atoms with Crippen LogP contribution in [0.25, 0.3) is 11.0 Å².